The molecular formula is C7H11N2+. The van der Waals surface area contributed by atoms with Crippen molar-refractivity contribution in [3.05, 3.63) is 24.3 Å². The van der Waals surface area contributed by atoms with Gasteiger partial charge in [-0.1, -0.05) is 12.1 Å². The van der Waals surface area contributed by atoms with Crippen LogP contribution >= 0.6 is 0 Å². The minimum atomic E-state index is 1.04. The highest BCUT2D eigenvalue weighted by Crippen LogP contribution is 2.12. The predicted molar refractivity (Wildman–Crippen MR) is 38.5 cm³/mol. The summed E-state index contributed by atoms with van der Waals surface area (Å²) in [6.07, 6.45) is 0. The van der Waals surface area contributed by atoms with Crippen LogP contribution in [-0.2, 0) is 0 Å². The van der Waals surface area contributed by atoms with Gasteiger partial charge in [0, 0.05) is 13.1 Å². The van der Waals surface area contributed by atoms with Crippen molar-refractivity contribution in [1.29, 1.82) is 0 Å². The molecule has 2 heteroatoms. The summed E-state index contributed by atoms with van der Waals surface area (Å²) in [4.78, 5) is 0. The van der Waals surface area contributed by atoms with Gasteiger partial charge < -0.3 is 11.1 Å². The number of hydrogen-bond donors (Lipinski definition) is 2. The molecule has 0 radical (unpaired) electrons. The van der Waals surface area contributed by atoms with E-state index in [1.54, 1.807) is 0 Å². The van der Waals surface area contributed by atoms with Gasteiger partial charge in [-0.2, -0.15) is 0 Å². The molecule has 1 aromatic carbocycles. The van der Waals surface area contributed by atoms with Crippen molar-refractivity contribution in [2.75, 3.05) is 12.4 Å². The summed E-state index contributed by atoms with van der Waals surface area (Å²) in [6, 6.07) is 7.94. The van der Waals surface area contributed by atoms with Crippen LogP contribution in [-0.4, -0.2) is 7.05 Å². The van der Waals surface area contributed by atoms with Gasteiger partial charge in [0.15, 0.2) is 5.69 Å². The fraction of sp³-hybridized carbons (Fsp3) is 0.143. The van der Waals surface area contributed by atoms with E-state index in [1.807, 2.05) is 31.3 Å². The largest absolute Gasteiger partial charge is 0.383 e. The third-order valence-corrected chi connectivity index (χ3v) is 1.29. The van der Waals surface area contributed by atoms with Gasteiger partial charge in [0.1, 0.15) is 0 Å². The summed E-state index contributed by atoms with van der Waals surface area (Å²) in [5, 5.41) is 3.03. The second kappa shape index (κ2) is 2.51. The lowest BCUT2D eigenvalue weighted by atomic mass is 10.3. The Morgan fingerprint density at radius 1 is 1.33 bits per heavy atom. The first-order valence-corrected chi connectivity index (χ1v) is 2.93. The van der Waals surface area contributed by atoms with E-state index in [9.17, 15) is 0 Å². The van der Waals surface area contributed by atoms with Crippen LogP contribution in [0.2, 0.25) is 0 Å². The van der Waals surface area contributed by atoms with Crippen molar-refractivity contribution >= 4 is 11.4 Å². The van der Waals surface area contributed by atoms with E-state index in [2.05, 4.69) is 11.1 Å². The zero-order valence-electron chi connectivity index (χ0n) is 5.52. The van der Waals surface area contributed by atoms with Gasteiger partial charge >= 0.3 is 0 Å². The zero-order valence-corrected chi connectivity index (χ0v) is 5.52. The molecule has 4 N–H and O–H groups in total. The van der Waals surface area contributed by atoms with Gasteiger partial charge in [-0.15, -0.1) is 0 Å². The SMILES string of the molecule is CNc1ccccc1[NH3+]. The predicted octanol–water partition coefficient (Wildman–Crippen LogP) is 0.602. The number of para-hydroxylation sites is 1. The molecule has 9 heavy (non-hydrogen) atoms. The van der Waals surface area contributed by atoms with Crippen molar-refractivity contribution < 1.29 is 5.73 Å². The number of hydrogen-bond acceptors (Lipinski definition) is 1. The maximum Gasteiger partial charge on any atom is 0.151 e. The first kappa shape index (κ1) is 6.11. The maximum atomic E-state index is 3.83. The third kappa shape index (κ3) is 1.21. The molecular weight excluding hydrogens is 112 g/mol. The molecule has 0 aliphatic rings. The minimum absolute atomic E-state index is 1.04. The van der Waals surface area contributed by atoms with Crippen LogP contribution in [0.15, 0.2) is 24.3 Å². The second-order valence-corrected chi connectivity index (χ2v) is 1.91. The fourth-order valence-corrected chi connectivity index (χ4v) is 0.764. The molecule has 0 spiro atoms. The lowest BCUT2D eigenvalue weighted by Crippen LogP contribution is -2.40. The Bertz CT molecular complexity index is 196. The van der Waals surface area contributed by atoms with E-state index in [0.717, 1.165) is 11.4 Å². The number of rotatable bonds is 1. The molecule has 0 atom stereocenters. The summed E-state index contributed by atoms with van der Waals surface area (Å²) in [5.41, 5.74) is 5.97. The van der Waals surface area contributed by atoms with Crippen LogP contribution in [0.1, 0.15) is 0 Å². The highest BCUT2D eigenvalue weighted by Gasteiger charge is 1.93. The summed E-state index contributed by atoms with van der Waals surface area (Å²) in [6.45, 7) is 0. The molecule has 0 heterocycles. The molecule has 0 aromatic heterocycles. The average molecular weight is 123 g/mol. The zero-order chi connectivity index (χ0) is 6.69. The van der Waals surface area contributed by atoms with Crippen molar-refractivity contribution in [3.63, 3.8) is 0 Å². The van der Waals surface area contributed by atoms with E-state index in [0.29, 0.717) is 0 Å². The first-order valence-electron chi connectivity index (χ1n) is 2.93. The fourth-order valence-electron chi connectivity index (χ4n) is 0.764. The Morgan fingerprint density at radius 2 is 2.00 bits per heavy atom. The first-order chi connectivity index (χ1) is 4.34. The molecule has 0 aliphatic carbocycles. The van der Waals surface area contributed by atoms with E-state index < -0.39 is 0 Å². The number of nitrogens with one attached hydrogen (secondary N) is 1. The molecule has 48 valence electrons. The van der Waals surface area contributed by atoms with Crippen LogP contribution < -0.4 is 11.1 Å². The number of quaternary nitrogens is 1. The minimum Gasteiger partial charge on any atom is -0.383 e. The molecule has 1 rings (SSSR count). The Balaban J connectivity index is 3.01. The second-order valence-electron chi connectivity index (χ2n) is 1.91. The molecule has 0 unspecified atom stereocenters. The lowest BCUT2D eigenvalue weighted by molar-refractivity contribution is -0.253. The normalized spacial score (nSPS) is 9.11. The average Bonchev–Trinajstić information content (AvgIpc) is 1.89. The van der Waals surface area contributed by atoms with Gasteiger partial charge in [0.05, 0.1) is 5.69 Å². The molecule has 0 bridgehead atoms. The van der Waals surface area contributed by atoms with Gasteiger partial charge in [-0.05, 0) is 6.07 Å². The van der Waals surface area contributed by atoms with Crippen LogP contribution in [0.4, 0.5) is 11.4 Å². The molecule has 0 fully saturated rings. The Morgan fingerprint density at radius 3 is 2.44 bits per heavy atom. The van der Waals surface area contributed by atoms with Crippen LogP contribution in [0.25, 0.3) is 0 Å². The van der Waals surface area contributed by atoms with Gasteiger partial charge in [-0.3, -0.25) is 0 Å². The monoisotopic (exact) mass is 123 g/mol. The maximum absolute atomic E-state index is 3.83. The van der Waals surface area contributed by atoms with E-state index in [4.69, 9.17) is 0 Å². The quantitative estimate of drug-likeness (QED) is 0.564. The lowest BCUT2D eigenvalue weighted by Gasteiger charge is -1.97. The molecule has 0 saturated carbocycles. The van der Waals surface area contributed by atoms with Crippen molar-refractivity contribution in [1.82, 2.24) is 0 Å². The standard InChI is InChI=1S/C7H10N2/c1-9-7-5-3-2-4-6(7)8/h2-5,9H,8H2,1H3/p+1. The Kier molecular flexibility index (Phi) is 1.70. The van der Waals surface area contributed by atoms with Crippen LogP contribution in [0.3, 0.4) is 0 Å². The topological polar surface area (TPSA) is 39.7 Å². The van der Waals surface area contributed by atoms with Gasteiger partial charge in [0.2, 0.25) is 0 Å². The van der Waals surface area contributed by atoms with E-state index in [-0.39, 0.29) is 0 Å². The molecule has 0 amide bonds. The van der Waals surface area contributed by atoms with Crippen molar-refractivity contribution in [3.8, 4) is 0 Å². The number of anilines is 1. The van der Waals surface area contributed by atoms with Gasteiger partial charge in [-0.25, -0.2) is 0 Å². The van der Waals surface area contributed by atoms with E-state index >= 15 is 0 Å². The van der Waals surface area contributed by atoms with Crippen molar-refractivity contribution in [2.45, 2.75) is 0 Å². The molecule has 2 nitrogen and oxygen atoms in total. The van der Waals surface area contributed by atoms with Gasteiger partial charge in [0.25, 0.3) is 0 Å². The van der Waals surface area contributed by atoms with Crippen LogP contribution in [0, 0.1) is 0 Å². The summed E-state index contributed by atoms with van der Waals surface area (Å²) >= 11 is 0. The molecule has 1 aromatic rings. The Hall–Kier alpha value is -1.02. The third-order valence-electron chi connectivity index (χ3n) is 1.29. The smallest absolute Gasteiger partial charge is 0.151 e. The Labute approximate surface area is 54.7 Å². The van der Waals surface area contributed by atoms with Crippen molar-refractivity contribution in [2.24, 2.45) is 0 Å². The highest BCUT2D eigenvalue weighted by molar-refractivity contribution is 5.59. The summed E-state index contributed by atoms with van der Waals surface area (Å²) < 4.78 is 0. The molecule has 0 aliphatic heterocycles. The summed E-state index contributed by atoms with van der Waals surface area (Å²) in [7, 11) is 1.89. The molecule has 0 saturated heterocycles. The van der Waals surface area contributed by atoms with E-state index in [1.165, 1.54) is 0 Å². The summed E-state index contributed by atoms with van der Waals surface area (Å²) in [5.74, 6) is 0. The number of benzene rings is 1. The highest BCUT2D eigenvalue weighted by atomic mass is 14.8. The van der Waals surface area contributed by atoms with Crippen LogP contribution in [0.5, 0.6) is 0 Å².